The van der Waals surface area contributed by atoms with Crippen molar-refractivity contribution in [1.29, 1.82) is 0 Å². The van der Waals surface area contributed by atoms with Gasteiger partial charge >= 0.3 is 5.97 Å². The summed E-state index contributed by atoms with van der Waals surface area (Å²) in [6.07, 6.45) is -7.15. The van der Waals surface area contributed by atoms with Crippen LogP contribution in [0.25, 0.3) is 0 Å². The smallest absolute Gasteiger partial charge is 0.343 e. The van der Waals surface area contributed by atoms with Crippen molar-refractivity contribution in [1.82, 2.24) is 0 Å². The highest BCUT2D eigenvalue weighted by atomic mass is 16.7. The summed E-state index contributed by atoms with van der Waals surface area (Å²) in [5, 5.41) is 66.9. The molecule has 11 nitrogen and oxygen atoms in total. The SMILES string of the molecule is O=C(Oc1ccc(OC2OC(CO)C(O)C(O)C2O)cc1)c1cc(O)c(O)c(O)c1. The van der Waals surface area contributed by atoms with Crippen molar-refractivity contribution >= 4 is 5.97 Å². The molecule has 1 saturated heterocycles. The molecule has 1 fully saturated rings. The number of rotatable bonds is 5. The molecule has 30 heavy (non-hydrogen) atoms. The van der Waals surface area contributed by atoms with E-state index in [9.17, 15) is 40.5 Å². The molecule has 1 heterocycles. The van der Waals surface area contributed by atoms with Crippen LogP contribution in [-0.2, 0) is 4.74 Å². The summed E-state index contributed by atoms with van der Waals surface area (Å²) in [5.41, 5.74) is -0.204. The fourth-order valence-electron chi connectivity index (χ4n) is 2.77. The Morgan fingerprint density at radius 2 is 1.47 bits per heavy atom. The van der Waals surface area contributed by atoms with Crippen LogP contribution < -0.4 is 9.47 Å². The molecule has 5 unspecified atom stereocenters. The Labute approximate surface area is 169 Å². The molecule has 2 aromatic rings. The third-order valence-electron chi connectivity index (χ3n) is 4.44. The van der Waals surface area contributed by atoms with Crippen molar-refractivity contribution in [3.05, 3.63) is 42.0 Å². The van der Waals surface area contributed by atoms with Gasteiger partial charge in [-0.1, -0.05) is 0 Å². The van der Waals surface area contributed by atoms with E-state index in [1.54, 1.807) is 0 Å². The number of benzene rings is 2. The number of carbonyl (C=O) groups is 1. The Balaban J connectivity index is 1.66. The summed E-state index contributed by atoms with van der Waals surface area (Å²) < 4.78 is 15.7. The molecule has 0 radical (unpaired) electrons. The van der Waals surface area contributed by atoms with Gasteiger partial charge in [0, 0.05) is 0 Å². The normalized spacial score (nSPS) is 26.2. The number of carbonyl (C=O) groups excluding carboxylic acids is 1. The Hall–Kier alpha value is -3.09. The molecular weight excluding hydrogens is 404 g/mol. The molecule has 11 heteroatoms. The summed E-state index contributed by atoms with van der Waals surface area (Å²) in [4.78, 5) is 12.1. The van der Waals surface area contributed by atoms with Gasteiger partial charge in [-0.15, -0.1) is 0 Å². The number of aliphatic hydroxyl groups excluding tert-OH is 4. The fraction of sp³-hybridized carbons (Fsp3) is 0.316. The van der Waals surface area contributed by atoms with Crippen molar-refractivity contribution in [2.75, 3.05) is 6.61 Å². The van der Waals surface area contributed by atoms with Gasteiger partial charge in [0.2, 0.25) is 6.29 Å². The van der Waals surface area contributed by atoms with Crippen molar-refractivity contribution in [2.45, 2.75) is 30.7 Å². The highest BCUT2D eigenvalue weighted by molar-refractivity contribution is 5.92. The Kier molecular flexibility index (Phi) is 6.29. The summed E-state index contributed by atoms with van der Waals surface area (Å²) >= 11 is 0. The quantitative estimate of drug-likeness (QED) is 0.181. The zero-order valence-corrected chi connectivity index (χ0v) is 15.3. The predicted molar refractivity (Wildman–Crippen MR) is 97.2 cm³/mol. The molecule has 0 bridgehead atoms. The molecule has 2 aromatic carbocycles. The first-order valence-corrected chi connectivity index (χ1v) is 8.75. The molecule has 5 atom stereocenters. The Bertz CT molecular complexity index is 873. The third-order valence-corrected chi connectivity index (χ3v) is 4.44. The lowest BCUT2D eigenvalue weighted by Crippen LogP contribution is -2.60. The molecule has 7 N–H and O–H groups in total. The van der Waals surface area contributed by atoms with Gasteiger partial charge in [0.1, 0.15) is 35.9 Å². The molecule has 1 aliphatic rings. The number of ether oxygens (including phenoxy) is 3. The van der Waals surface area contributed by atoms with E-state index in [0.29, 0.717) is 0 Å². The maximum Gasteiger partial charge on any atom is 0.343 e. The molecule has 0 spiro atoms. The summed E-state index contributed by atoms with van der Waals surface area (Å²) in [6.45, 7) is -0.595. The van der Waals surface area contributed by atoms with Crippen LogP contribution in [0.3, 0.4) is 0 Å². The lowest BCUT2D eigenvalue weighted by molar-refractivity contribution is -0.277. The van der Waals surface area contributed by atoms with E-state index in [1.165, 1.54) is 24.3 Å². The zero-order valence-electron chi connectivity index (χ0n) is 15.3. The number of aliphatic hydroxyl groups is 4. The standard InChI is InChI=1S/C19H20O11/c20-7-13-15(24)16(25)17(26)19(30-13)29-10-3-1-9(2-4-10)28-18(27)8-5-11(21)14(23)12(22)6-8/h1-6,13,15-17,19-26H,7H2. The second kappa shape index (κ2) is 8.73. The van der Waals surface area contributed by atoms with Crippen molar-refractivity contribution in [2.24, 2.45) is 0 Å². The van der Waals surface area contributed by atoms with Gasteiger partial charge in [0.05, 0.1) is 12.2 Å². The molecule has 0 aliphatic carbocycles. The van der Waals surface area contributed by atoms with Gasteiger partial charge in [-0.2, -0.15) is 0 Å². The first kappa shape index (κ1) is 21.6. The topological polar surface area (TPSA) is 186 Å². The first-order valence-electron chi connectivity index (χ1n) is 8.75. The molecule has 1 aliphatic heterocycles. The van der Waals surface area contributed by atoms with E-state index in [2.05, 4.69) is 0 Å². The van der Waals surface area contributed by atoms with Crippen LogP contribution in [0, 0.1) is 0 Å². The van der Waals surface area contributed by atoms with Gasteiger partial charge in [0.25, 0.3) is 0 Å². The predicted octanol–water partition coefficient (Wildman–Crippen LogP) is -0.799. The van der Waals surface area contributed by atoms with Crippen LogP contribution in [0.4, 0.5) is 0 Å². The summed E-state index contributed by atoms with van der Waals surface area (Å²) in [7, 11) is 0. The Morgan fingerprint density at radius 1 is 0.900 bits per heavy atom. The average Bonchev–Trinajstić information content (AvgIpc) is 2.73. The minimum Gasteiger partial charge on any atom is -0.504 e. The first-order chi connectivity index (χ1) is 14.2. The number of phenolic OH excluding ortho intramolecular Hbond substituents is 3. The van der Waals surface area contributed by atoms with Crippen LogP contribution in [0.1, 0.15) is 10.4 Å². The van der Waals surface area contributed by atoms with Crippen LogP contribution in [-0.4, -0.2) is 79.0 Å². The second-order valence-electron chi connectivity index (χ2n) is 6.54. The monoisotopic (exact) mass is 424 g/mol. The van der Waals surface area contributed by atoms with Gasteiger partial charge < -0.3 is 50.0 Å². The minimum absolute atomic E-state index is 0.0770. The van der Waals surface area contributed by atoms with Crippen LogP contribution in [0.15, 0.2) is 36.4 Å². The number of phenols is 3. The fourth-order valence-corrected chi connectivity index (χ4v) is 2.77. The maximum absolute atomic E-state index is 12.1. The molecule has 0 saturated carbocycles. The van der Waals surface area contributed by atoms with E-state index < -0.39 is 60.5 Å². The van der Waals surface area contributed by atoms with Crippen molar-refractivity contribution in [3.8, 4) is 28.7 Å². The van der Waals surface area contributed by atoms with E-state index in [0.717, 1.165) is 12.1 Å². The third kappa shape index (κ3) is 4.40. The number of hydrogen-bond acceptors (Lipinski definition) is 11. The van der Waals surface area contributed by atoms with Crippen LogP contribution in [0.2, 0.25) is 0 Å². The van der Waals surface area contributed by atoms with E-state index in [-0.39, 0.29) is 17.1 Å². The summed E-state index contributed by atoms with van der Waals surface area (Å²) in [5.74, 6) is -2.81. The highest BCUT2D eigenvalue weighted by Gasteiger charge is 2.44. The number of esters is 1. The van der Waals surface area contributed by atoms with Gasteiger partial charge in [-0.05, 0) is 36.4 Å². The average molecular weight is 424 g/mol. The lowest BCUT2D eigenvalue weighted by Gasteiger charge is -2.39. The maximum atomic E-state index is 12.1. The molecule has 0 amide bonds. The second-order valence-corrected chi connectivity index (χ2v) is 6.54. The van der Waals surface area contributed by atoms with E-state index in [4.69, 9.17) is 14.2 Å². The van der Waals surface area contributed by atoms with Crippen molar-refractivity contribution in [3.63, 3.8) is 0 Å². The highest BCUT2D eigenvalue weighted by Crippen LogP contribution is 2.35. The minimum atomic E-state index is -1.58. The van der Waals surface area contributed by atoms with Crippen LogP contribution in [0.5, 0.6) is 28.7 Å². The zero-order chi connectivity index (χ0) is 22.0. The molecular formula is C19H20O11. The Morgan fingerprint density at radius 3 is 2.03 bits per heavy atom. The number of hydrogen-bond donors (Lipinski definition) is 7. The summed E-state index contributed by atoms with van der Waals surface area (Å²) in [6, 6.07) is 7.28. The van der Waals surface area contributed by atoms with Crippen LogP contribution >= 0.6 is 0 Å². The molecule has 3 rings (SSSR count). The van der Waals surface area contributed by atoms with Gasteiger partial charge in [-0.25, -0.2) is 4.79 Å². The van der Waals surface area contributed by atoms with Gasteiger partial charge in [0.15, 0.2) is 17.2 Å². The molecule has 162 valence electrons. The van der Waals surface area contributed by atoms with Gasteiger partial charge in [-0.3, -0.25) is 0 Å². The van der Waals surface area contributed by atoms with E-state index >= 15 is 0 Å². The molecule has 0 aromatic heterocycles. The number of aromatic hydroxyl groups is 3. The lowest BCUT2D eigenvalue weighted by atomic mass is 9.99. The van der Waals surface area contributed by atoms with E-state index in [1.807, 2.05) is 0 Å². The largest absolute Gasteiger partial charge is 0.504 e. The van der Waals surface area contributed by atoms with Crippen molar-refractivity contribution < 1.29 is 54.8 Å².